The first kappa shape index (κ1) is 13.3. The van der Waals surface area contributed by atoms with E-state index in [4.69, 9.17) is 11.6 Å². The average Bonchev–Trinajstić information content (AvgIpc) is 2.75. The lowest BCUT2D eigenvalue weighted by atomic mass is 9.84. The first-order chi connectivity index (χ1) is 8.47. The normalized spacial score (nSPS) is 22.3. The van der Waals surface area contributed by atoms with Gasteiger partial charge in [0.05, 0.1) is 9.80 Å². The Bertz CT molecular complexity index is 471. The second kappa shape index (κ2) is 5.24. The van der Waals surface area contributed by atoms with Crippen LogP contribution in [-0.2, 0) is 0 Å². The zero-order valence-corrected chi connectivity index (χ0v) is 11.4. The summed E-state index contributed by atoms with van der Waals surface area (Å²) in [6.45, 7) is 0.660. The Morgan fingerprint density at radius 2 is 2.28 bits per heavy atom. The minimum Gasteiger partial charge on any atom is -0.341 e. The molecule has 0 aromatic carbocycles. The summed E-state index contributed by atoms with van der Waals surface area (Å²) in [6.07, 6.45) is 1.87. The highest BCUT2D eigenvalue weighted by molar-refractivity contribution is 7.17. The van der Waals surface area contributed by atoms with E-state index in [0.29, 0.717) is 17.3 Å². The van der Waals surface area contributed by atoms with Gasteiger partial charge < -0.3 is 4.90 Å². The van der Waals surface area contributed by atoms with Crippen LogP contribution in [0.5, 0.6) is 0 Å². The van der Waals surface area contributed by atoms with Crippen molar-refractivity contribution in [2.24, 2.45) is 5.92 Å². The molecule has 0 N–H and O–H groups in total. The lowest BCUT2D eigenvalue weighted by Gasteiger charge is -2.33. The van der Waals surface area contributed by atoms with Crippen molar-refractivity contribution < 1.29 is 9.72 Å². The molecule has 1 aliphatic rings. The Balaban J connectivity index is 1.94. The molecule has 0 aliphatic heterocycles. The lowest BCUT2D eigenvalue weighted by molar-refractivity contribution is -0.380. The summed E-state index contributed by atoms with van der Waals surface area (Å²) in [5.41, 5.74) is 0. The van der Waals surface area contributed by atoms with Gasteiger partial charge in [0.1, 0.15) is 0 Å². The number of thiophene rings is 1. The van der Waals surface area contributed by atoms with Gasteiger partial charge in [-0.3, -0.25) is 14.9 Å². The number of rotatable bonds is 4. The Morgan fingerprint density at radius 3 is 2.78 bits per heavy atom. The number of hydrogen-bond acceptors (Lipinski definition) is 4. The first-order valence-corrected chi connectivity index (χ1v) is 6.86. The molecule has 2 rings (SSSR count). The van der Waals surface area contributed by atoms with Gasteiger partial charge in [-0.05, 0) is 24.8 Å². The molecule has 5 nitrogen and oxygen atoms in total. The third kappa shape index (κ3) is 2.81. The number of hydrogen-bond donors (Lipinski definition) is 0. The number of nitro groups is 1. The van der Waals surface area contributed by atoms with Crippen molar-refractivity contribution in [3.8, 4) is 0 Å². The van der Waals surface area contributed by atoms with Crippen LogP contribution in [0.15, 0.2) is 12.1 Å². The molecule has 1 fully saturated rings. The summed E-state index contributed by atoms with van der Waals surface area (Å²) in [7, 11) is 1.72. The van der Waals surface area contributed by atoms with E-state index in [9.17, 15) is 14.9 Å². The van der Waals surface area contributed by atoms with Crippen LogP contribution in [-0.4, -0.2) is 34.7 Å². The van der Waals surface area contributed by atoms with E-state index in [-0.39, 0.29) is 16.3 Å². The molecule has 0 atom stereocenters. The second-order valence-corrected chi connectivity index (χ2v) is 6.19. The molecular formula is C11H13ClN2O3S. The molecule has 98 valence electrons. The summed E-state index contributed by atoms with van der Waals surface area (Å²) in [5, 5.41) is 10.8. The van der Waals surface area contributed by atoms with Crippen LogP contribution in [0, 0.1) is 16.0 Å². The molecule has 0 saturated heterocycles. The van der Waals surface area contributed by atoms with Gasteiger partial charge in [0.25, 0.3) is 5.91 Å². The number of amides is 1. The first-order valence-electron chi connectivity index (χ1n) is 5.61. The van der Waals surface area contributed by atoms with Crippen molar-refractivity contribution in [1.82, 2.24) is 4.90 Å². The number of alkyl halides is 1. The second-order valence-electron chi connectivity index (χ2n) is 4.52. The number of nitrogens with zero attached hydrogens (tertiary/aromatic N) is 2. The predicted octanol–water partition coefficient (Wildman–Crippen LogP) is 2.75. The molecule has 7 heteroatoms. The SMILES string of the molecule is CN(CC1CC(Cl)C1)C(=O)c1ccc([N+](=O)[O-])s1. The molecule has 0 radical (unpaired) electrons. The van der Waals surface area contributed by atoms with Gasteiger partial charge in [0.2, 0.25) is 0 Å². The van der Waals surface area contributed by atoms with Crippen molar-refractivity contribution >= 4 is 33.8 Å². The fourth-order valence-electron chi connectivity index (χ4n) is 2.00. The maximum Gasteiger partial charge on any atom is 0.324 e. The van der Waals surface area contributed by atoms with Crippen molar-refractivity contribution in [2.75, 3.05) is 13.6 Å². The summed E-state index contributed by atoms with van der Waals surface area (Å²) in [5.74, 6) is 0.294. The summed E-state index contributed by atoms with van der Waals surface area (Å²) < 4.78 is 0. The molecule has 0 spiro atoms. The van der Waals surface area contributed by atoms with Crippen LogP contribution in [0.3, 0.4) is 0 Å². The smallest absolute Gasteiger partial charge is 0.324 e. The zero-order chi connectivity index (χ0) is 13.3. The number of carbonyl (C=O) groups is 1. The number of carbonyl (C=O) groups excluding carboxylic acids is 1. The van der Waals surface area contributed by atoms with Crippen LogP contribution >= 0.6 is 22.9 Å². The Labute approximate surface area is 113 Å². The quantitative estimate of drug-likeness (QED) is 0.486. The van der Waals surface area contributed by atoms with Crippen molar-refractivity contribution in [3.63, 3.8) is 0 Å². The Morgan fingerprint density at radius 1 is 1.61 bits per heavy atom. The highest BCUT2D eigenvalue weighted by Crippen LogP contribution is 2.33. The zero-order valence-electron chi connectivity index (χ0n) is 9.84. The predicted molar refractivity (Wildman–Crippen MR) is 70.3 cm³/mol. The van der Waals surface area contributed by atoms with Crippen molar-refractivity contribution in [3.05, 3.63) is 27.1 Å². The van der Waals surface area contributed by atoms with Crippen LogP contribution in [0.25, 0.3) is 0 Å². The summed E-state index contributed by atoms with van der Waals surface area (Å²) in [4.78, 5) is 24.1. The molecule has 1 amide bonds. The van der Waals surface area contributed by atoms with Gasteiger partial charge in [-0.25, -0.2) is 0 Å². The maximum atomic E-state index is 12.0. The molecule has 1 aliphatic carbocycles. The standard InChI is InChI=1S/C11H13ClN2O3S/c1-13(6-7-4-8(12)5-7)11(15)9-2-3-10(18-9)14(16)17/h2-3,7-8H,4-6H2,1H3. The lowest BCUT2D eigenvalue weighted by Crippen LogP contribution is -2.37. The summed E-state index contributed by atoms with van der Waals surface area (Å²) >= 11 is 6.80. The minimum absolute atomic E-state index is 0.00350. The van der Waals surface area contributed by atoms with Gasteiger partial charge in [-0.2, -0.15) is 0 Å². The molecule has 18 heavy (non-hydrogen) atoms. The fraction of sp³-hybridized carbons (Fsp3) is 0.545. The Hall–Kier alpha value is -1.14. The van der Waals surface area contributed by atoms with Gasteiger partial charge in [-0.1, -0.05) is 11.3 Å². The van der Waals surface area contributed by atoms with E-state index >= 15 is 0 Å². The highest BCUT2D eigenvalue weighted by atomic mass is 35.5. The van der Waals surface area contributed by atoms with Gasteiger partial charge in [0, 0.05) is 25.0 Å². The van der Waals surface area contributed by atoms with Crippen LogP contribution < -0.4 is 0 Å². The topological polar surface area (TPSA) is 63.5 Å². The van der Waals surface area contributed by atoms with Crippen molar-refractivity contribution in [1.29, 1.82) is 0 Å². The van der Waals surface area contributed by atoms with Crippen LogP contribution in [0.2, 0.25) is 0 Å². The summed E-state index contributed by atoms with van der Waals surface area (Å²) in [6, 6.07) is 2.87. The van der Waals surface area contributed by atoms with E-state index in [2.05, 4.69) is 0 Å². The number of halogens is 1. The van der Waals surface area contributed by atoms with Gasteiger partial charge in [-0.15, -0.1) is 11.6 Å². The average molecular weight is 289 g/mol. The van der Waals surface area contributed by atoms with E-state index in [0.717, 1.165) is 24.2 Å². The van der Waals surface area contributed by atoms with E-state index in [1.165, 1.54) is 12.1 Å². The minimum atomic E-state index is -0.481. The van der Waals surface area contributed by atoms with Gasteiger partial charge >= 0.3 is 5.00 Å². The van der Waals surface area contributed by atoms with Crippen LogP contribution in [0.1, 0.15) is 22.5 Å². The fourth-order valence-corrected chi connectivity index (χ4v) is 3.32. The molecular weight excluding hydrogens is 276 g/mol. The molecule has 0 bridgehead atoms. The third-order valence-corrected chi connectivity index (χ3v) is 4.42. The third-order valence-electron chi connectivity index (χ3n) is 3.04. The monoisotopic (exact) mass is 288 g/mol. The maximum absolute atomic E-state index is 12.0. The van der Waals surface area contributed by atoms with Crippen molar-refractivity contribution in [2.45, 2.75) is 18.2 Å². The Kier molecular flexibility index (Phi) is 3.87. The molecule has 1 aromatic rings. The molecule has 1 heterocycles. The van der Waals surface area contributed by atoms with Gasteiger partial charge in [0.15, 0.2) is 0 Å². The van der Waals surface area contributed by atoms with E-state index in [1.54, 1.807) is 11.9 Å². The molecule has 1 aromatic heterocycles. The van der Waals surface area contributed by atoms with E-state index in [1.807, 2.05) is 0 Å². The molecule has 0 unspecified atom stereocenters. The largest absolute Gasteiger partial charge is 0.341 e. The highest BCUT2D eigenvalue weighted by Gasteiger charge is 2.29. The van der Waals surface area contributed by atoms with E-state index < -0.39 is 4.92 Å². The molecule has 1 saturated carbocycles. The van der Waals surface area contributed by atoms with Crippen LogP contribution in [0.4, 0.5) is 5.00 Å².